The predicted molar refractivity (Wildman–Crippen MR) is 225 cm³/mol. The number of aromatic nitrogens is 2. The summed E-state index contributed by atoms with van der Waals surface area (Å²) < 4.78 is 27.5. The van der Waals surface area contributed by atoms with E-state index in [0.29, 0.717) is 39.1 Å². The first-order chi connectivity index (χ1) is 24.8. The average molecular weight is 839 g/mol. The van der Waals surface area contributed by atoms with Crippen LogP contribution in [0.25, 0.3) is 22.5 Å². The van der Waals surface area contributed by atoms with Gasteiger partial charge in [0.15, 0.2) is 0 Å². The van der Waals surface area contributed by atoms with Crippen LogP contribution in [0.15, 0.2) is 85.2 Å². The summed E-state index contributed by atoms with van der Waals surface area (Å²) in [5.74, 6) is 3.01. The third-order valence-electron chi connectivity index (χ3n) is 9.29. The summed E-state index contributed by atoms with van der Waals surface area (Å²) in [5.41, 5.74) is 6.90. The fourth-order valence-corrected chi connectivity index (χ4v) is 7.07. The lowest BCUT2D eigenvalue weighted by Crippen LogP contribution is -2.44. The van der Waals surface area contributed by atoms with Crippen molar-refractivity contribution in [3.8, 4) is 51.3 Å². The first kappa shape index (κ1) is 44.6. The van der Waals surface area contributed by atoms with Gasteiger partial charge in [-0.05, 0) is 96.8 Å². The van der Waals surface area contributed by atoms with Gasteiger partial charge in [0.2, 0.25) is 0 Å². The lowest BCUT2D eigenvalue weighted by Gasteiger charge is -2.40. The Morgan fingerprint density at radius 1 is 0.611 bits per heavy atom. The Bertz CT molecular complexity index is 1910. The van der Waals surface area contributed by atoms with E-state index in [0.717, 1.165) is 78.5 Å². The van der Waals surface area contributed by atoms with E-state index in [1.165, 1.54) is 5.56 Å². The SMILES string of the molecule is COc1ccc(N(Cc2ccnc(-c3cc(OC)c(Cl)c(OC)c3)c2)C2CCN(Cc3ccnc(-c4cc(OC)c(Cl)c(OC)c4)c3)CC2)cc1.Cl.Cl.Cl. The molecular formula is C40H45Cl5N4O5. The van der Waals surface area contributed by atoms with Crippen molar-refractivity contribution >= 4 is 66.1 Å². The number of piperidine rings is 1. The Labute approximate surface area is 346 Å². The van der Waals surface area contributed by atoms with E-state index >= 15 is 0 Å². The maximum Gasteiger partial charge on any atom is 0.141 e. The molecule has 0 saturated carbocycles. The van der Waals surface area contributed by atoms with Crippen LogP contribution in [0, 0.1) is 0 Å². The Morgan fingerprint density at radius 3 is 1.50 bits per heavy atom. The Hall–Kier alpha value is -3.83. The summed E-state index contributed by atoms with van der Waals surface area (Å²) in [5, 5.41) is 0.878. The quantitative estimate of drug-likeness (QED) is 0.115. The molecule has 3 aromatic carbocycles. The summed E-state index contributed by atoms with van der Waals surface area (Å²) in [7, 11) is 8.07. The van der Waals surface area contributed by atoms with Crippen LogP contribution < -0.4 is 28.6 Å². The molecule has 0 radical (unpaired) electrons. The Kier molecular flexibility index (Phi) is 17.1. The number of likely N-dealkylation sites (tertiary alicyclic amines) is 1. The third-order valence-corrected chi connectivity index (χ3v) is 10.0. The van der Waals surface area contributed by atoms with Gasteiger partial charge in [0.1, 0.15) is 38.8 Å². The van der Waals surface area contributed by atoms with Crippen molar-refractivity contribution in [2.75, 3.05) is 53.5 Å². The summed E-state index contributed by atoms with van der Waals surface area (Å²) in [4.78, 5) is 14.3. The number of hydrogen-bond donors (Lipinski definition) is 0. The highest BCUT2D eigenvalue weighted by Crippen LogP contribution is 2.40. The number of nitrogens with zero attached hydrogens (tertiary/aromatic N) is 4. The van der Waals surface area contributed by atoms with Gasteiger partial charge in [0.25, 0.3) is 0 Å². The standard InChI is InChI=1S/C40H42Cl2N4O5.3ClH/c1-47-32-8-6-30(7-9-32)46(25-27-11-15-44-34(19-27)29-22-37(50-4)40(42)38(23-29)51-5)31-12-16-45(17-13-31)24-26-10-14-43-33(18-26)28-20-35(48-2)39(41)36(21-28)49-3;;;/h6-11,14-15,18-23,31H,12-13,16-17,24-25H2,1-5H3;3*1H. The van der Waals surface area contributed by atoms with Gasteiger partial charge in [-0.3, -0.25) is 14.9 Å². The zero-order chi connectivity index (χ0) is 35.9. The molecule has 2 aromatic heterocycles. The number of benzene rings is 3. The second-order valence-corrected chi connectivity index (χ2v) is 13.1. The molecule has 14 heteroatoms. The van der Waals surface area contributed by atoms with E-state index in [9.17, 15) is 0 Å². The zero-order valence-electron chi connectivity index (χ0n) is 30.7. The summed E-state index contributed by atoms with van der Waals surface area (Å²) >= 11 is 12.9. The molecule has 0 unspecified atom stereocenters. The first-order valence-corrected chi connectivity index (χ1v) is 17.5. The van der Waals surface area contributed by atoms with Crippen LogP contribution in [0.4, 0.5) is 5.69 Å². The fourth-order valence-electron chi connectivity index (χ4n) is 6.54. The van der Waals surface area contributed by atoms with E-state index in [1.54, 1.807) is 35.5 Å². The molecule has 1 saturated heterocycles. The van der Waals surface area contributed by atoms with Gasteiger partial charge in [-0.25, -0.2) is 0 Å². The molecule has 1 aliphatic rings. The van der Waals surface area contributed by atoms with Crippen LogP contribution in [0.5, 0.6) is 28.7 Å². The van der Waals surface area contributed by atoms with Crippen LogP contribution in [-0.2, 0) is 13.1 Å². The number of pyridine rings is 2. The van der Waals surface area contributed by atoms with Crippen molar-refractivity contribution in [3.63, 3.8) is 0 Å². The van der Waals surface area contributed by atoms with Crippen LogP contribution >= 0.6 is 60.4 Å². The number of hydrogen-bond acceptors (Lipinski definition) is 9. The molecule has 290 valence electrons. The van der Waals surface area contributed by atoms with E-state index in [2.05, 4.69) is 56.2 Å². The van der Waals surface area contributed by atoms with Crippen molar-refractivity contribution in [2.24, 2.45) is 0 Å². The second kappa shape index (κ2) is 20.7. The van der Waals surface area contributed by atoms with Gasteiger partial charge in [0, 0.05) is 61.4 Å². The fraction of sp³-hybridized carbons (Fsp3) is 0.300. The normalized spacial score (nSPS) is 12.7. The summed E-state index contributed by atoms with van der Waals surface area (Å²) in [6.07, 6.45) is 5.74. The number of halogens is 5. The third kappa shape index (κ3) is 10.3. The van der Waals surface area contributed by atoms with Gasteiger partial charge >= 0.3 is 0 Å². The second-order valence-electron chi connectivity index (χ2n) is 12.3. The minimum Gasteiger partial charge on any atom is -0.497 e. The van der Waals surface area contributed by atoms with Gasteiger partial charge in [-0.15, -0.1) is 37.2 Å². The van der Waals surface area contributed by atoms with Gasteiger partial charge < -0.3 is 28.6 Å². The molecule has 0 N–H and O–H groups in total. The smallest absolute Gasteiger partial charge is 0.141 e. The van der Waals surface area contributed by atoms with Crippen LogP contribution in [0.1, 0.15) is 24.0 Å². The first-order valence-electron chi connectivity index (χ1n) is 16.7. The molecule has 0 bridgehead atoms. The molecule has 54 heavy (non-hydrogen) atoms. The highest BCUT2D eigenvalue weighted by atomic mass is 35.5. The molecule has 0 atom stereocenters. The number of anilines is 1. The Balaban J connectivity index is 0.00000261. The average Bonchev–Trinajstić information content (AvgIpc) is 3.18. The lowest BCUT2D eigenvalue weighted by molar-refractivity contribution is 0.201. The summed E-state index contributed by atoms with van der Waals surface area (Å²) in [6, 6.07) is 24.6. The molecule has 0 aliphatic carbocycles. The minimum absolute atomic E-state index is 0. The van der Waals surface area contributed by atoms with Gasteiger partial charge in [-0.2, -0.15) is 0 Å². The minimum atomic E-state index is 0. The zero-order valence-corrected chi connectivity index (χ0v) is 34.7. The number of rotatable bonds is 13. The maximum atomic E-state index is 6.45. The lowest BCUT2D eigenvalue weighted by atomic mass is 10.00. The van der Waals surface area contributed by atoms with E-state index in [-0.39, 0.29) is 37.2 Å². The van der Waals surface area contributed by atoms with Crippen molar-refractivity contribution in [1.29, 1.82) is 0 Å². The molecule has 0 amide bonds. The highest BCUT2D eigenvalue weighted by molar-refractivity contribution is 6.34. The van der Waals surface area contributed by atoms with Crippen LogP contribution in [-0.4, -0.2) is 69.5 Å². The predicted octanol–water partition coefficient (Wildman–Crippen LogP) is 10.1. The molecule has 3 heterocycles. The van der Waals surface area contributed by atoms with Crippen molar-refractivity contribution < 1.29 is 23.7 Å². The molecule has 5 aromatic rings. The van der Waals surface area contributed by atoms with Crippen LogP contribution in [0.3, 0.4) is 0 Å². The van der Waals surface area contributed by atoms with Crippen molar-refractivity contribution in [2.45, 2.75) is 32.0 Å². The van der Waals surface area contributed by atoms with E-state index in [1.807, 2.05) is 48.8 Å². The largest absolute Gasteiger partial charge is 0.497 e. The molecule has 9 nitrogen and oxygen atoms in total. The summed E-state index contributed by atoms with van der Waals surface area (Å²) in [6.45, 7) is 3.47. The number of methoxy groups -OCH3 is 5. The molecule has 1 aliphatic heterocycles. The number of ether oxygens (including phenoxy) is 5. The maximum absolute atomic E-state index is 6.45. The van der Waals surface area contributed by atoms with E-state index < -0.39 is 0 Å². The topological polar surface area (TPSA) is 78.4 Å². The highest BCUT2D eigenvalue weighted by Gasteiger charge is 2.26. The van der Waals surface area contributed by atoms with Crippen molar-refractivity contribution in [1.82, 2.24) is 14.9 Å². The Morgan fingerprint density at radius 2 is 1.06 bits per heavy atom. The molecule has 0 spiro atoms. The van der Waals surface area contributed by atoms with Crippen LogP contribution in [0.2, 0.25) is 10.0 Å². The molecule has 6 rings (SSSR count). The van der Waals surface area contributed by atoms with Gasteiger partial charge in [-0.1, -0.05) is 23.2 Å². The molecule has 1 fully saturated rings. The van der Waals surface area contributed by atoms with Gasteiger partial charge in [0.05, 0.1) is 46.9 Å². The monoisotopic (exact) mass is 836 g/mol. The van der Waals surface area contributed by atoms with E-state index in [4.69, 9.17) is 46.9 Å². The van der Waals surface area contributed by atoms with Crippen molar-refractivity contribution in [3.05, 3.63) is 106 Å². The molecular weight excluding hydrogens is 794 g/mol.